The van der Waals surface area contributed by atoms with E-state index in [0.29, 0.717) is 17.8 Å². The number of hydrogen-bond donors (Lipinski definition) is 0. The van der Waals surface area contributed by atoms with Crippen molar-refractivity contribution in [3.8, 4) is 0 Å². The van der Waals surface area contributed by atoms with Crippen LogP contribution in [0.3, 0.4) is 0 Å². The van der Waals surface area contributed by atoms with Gasteiger partial charge in [0.1, 0.15) is 0 Å². The highest BCUT2D eigenvalue weighted by molar-refractivity contribution is 6.32. The van der Waals surface area contributed by atoms with Crippen LogP contribution in [0.1, 0.15) is 32.8 Å². The molecule has 96 valence electrons. The molecule has 0 aliphatic rings. The smallest absolute Gasteiger partial charge is 0.0488 e. The van der Waals surface area contributed by atoms with Gasteiger partial charge >= 0.3 is 0 Å². The lowest BCUT2D eigenvalue weighted by molar-refractivity contribution is 0.504. The van der Waals surface area contributed by atoms with Crippen molar-refractivity contribution in [1.29, 1.82) is 0 Å². The van der Waals surface area contributed by atoms with Crippen LogP contribution >= 0.6 is 23.2 Å². The fourth-order valence-corrected chi connectivity index (χ4v) is 2.50. The van der Waals surface area contributed by atoms with Crippen LogP contribution in [0, 0.1) is 5.92 Å². The standard InChI is InChI=1S/C14H21Cl2N/c1-10(2)7-11(3)17(4)13-6-5-12(9-15)14(16)8-13/h5-6,8,10-11H,7,9H2,1-4H3. The topological polar surface area (TPSA) is 3.24 Å². The van der Waals surface area contributed by atoms with Gasteiger partial charge in [0.25, 0.3) is 0 Å². The van der Waals surface area contributed by atoms with Crippen LogP contribution in [0.4, 0.5) is 5.69 Å². The van der Waals surface area contributed by atoms with Crippen LogP contribution in [0.15, 0.2) is 18.2 Å². The van der Waals surface area contributed by atoms with Crippen molar-refractivity contribution in [1.82, 2.24) is 0 Å². The lowest BCUT2D eigenvalue weighted by Crippen LogP contribution is -2.29. The lowest BCUT2D eigenvalue weighted by atomic mass is 10.0. The molecule has 0 aliphatic heterocycles. The molecule has 1 nitrogen and oxygen atoms in total. The molecule has 0 spiro atoms. The van der Waals surface area contributed by atoms with Gasteiger partial charge in [-0.15, -0.1) is 11.6 Å². The first-order valence-electron chi connectivity index (χ1n) is 6.03. The van der Waals surface area contributed by atoms with Crippen molar-refractivity contribution in [3.05, 3.63) is 28.8 Å². The Morgan fingerprint density at radius 1 is 1.24 bits per heavy atom. The van der Waals surface area contributed by atoms with Gasteiger partial charge in [-0.3, -0.25) is 0 Å². The van der Waals surface area contributed by atoms with Crippen LogP contribution in [-0.4, -0.2) is 13.1 Å². The molecule has 0 aromatic heterocycles. The van der Waals surface area contributed by atoms with Crippen LogP contribution in [-0.2, 0) is 5.88 Å². The highest BCUT2D eigenvalue weighted by atomic mass is 35.5. The zero-order chi connectivity index (χ0) is 13.0. The minimum atomic E-state index is 0.463. The summed E-state index contributed by atoms with van der Waals surface area (Å²) in [5, 5.41) is 0.751. The summed E-state index contributed by atoms with van der Waals surface area (Å²) in [4.78, 5) is 2.27. The number of halogens is 2. The maximum Gasteiger partial charge on any atom is 0.0488 e. The Morgan fingerprint density at radius 2 is 1.88 bits per heavy atom. The van der Waals surface area contributed by atoms with Crippen LogP contribution in [0.2, 0.25) is 5.02 Å². The van der Waals surface area contributed by atoms with Crippen molar-refractivity contribution < 1.29 is 0 Å². The molecular weight excluding hydrogens is 253 g/mol. The Labute approximate surface area is 115 Å². The van der Waals surface area contributed by atoms with Gasteiger partial charge < -0.3 is 4.90 Å². The molecule has 1 aromatic rings. The van der Waals surface area contributed by atoms with E-state index in [-0.39, 0.29) is 0 Å². The molecule has 0 fully saturated rings. The number of alkyl halides is 1. The van der Waals surface area contributed by atoms with Gasteiger partial charge in [-0.25, -0.2) is 0 Å². The third kappa shape index (κ3) is 4.08. The average Bonchev–Trinajstić information content (AvgIpc) is 2.27. The normalized spacial score (nSPS) is 12.9. The first-order chi connectivity index (χ1) is 7.95. The van der Waals surface area contributed by atoms with E-state index in [1.165, 1.54) is 6.42 Å². The van der Waals surface area contributed by atoms with Crippen LogP contribution < -0.4 is 4.90 Å². The summed E-state index contributed by atoms with van der Waals surface area (Å²) in [7, 11) is 2.11. The summed E-state index contributed by atoms with van der Waals surface area (Å²) in [5.74, 6) is 1.16. The third-order valence-electron chi connectivity index (χ3n) is 3.06. The molecule has 0 aliphatic carbocycles. The second-order valence-corrected chi connectivity index (χ2v) is 5.67. The number of rotatable bonds is 5. The minimum absolute atomic E-state index is 0.463. The zero-order valence-electron chi connectivity index (χ0n) is 11.0. The van der Waals surface area contributed by atoms with Gasteiger partial charge in [0.2, 0.25) is 0 Å². The van der Waals surface area contributed by atoms with Crippen LogP contribution in [0.25, 0.3) is 0 Å². The van der Waals surface area contributed by atoms with Gasteiger partial charge in [0.05, 0.1) is 0 Å². The lowest BCUT2D eigenvalue weighted by Gasteiger charge is -2.28. The number of nitrogens with zero attached hydrogens (tertiary/aromatic N) is 1. The monoisotopic (exact) mass is 273 g/mol. The molecule has 1 unspecified atom stereocenters. The molecule has 3 heteroatoms. The van der Waals surface area contributed by atoms with Crippen molar-refractivity contribution in [3.63, 3.8) is 0 Å². The highest BCUT2D eigenvalue weighted by Gasteiger charge is 2.12. The molecule has 0 N–H and O–H groups in total. The molecular formula is C14H21Cl2N. The molecule has 1 aromatic carbocycles. The van der Waals surface area contributed by atoms with Gasteiger partial charge in [-0.05, 0) is 37.0 Å². The SMILES string of the molecule is CC(C)CC(C)N(C)c1ccc(CCl)c(Cl)c1. The highest BCUT2D eigenvalue weighted by Crippen LogP contribution is 2.26. The summed E-state index contributed by atoms with van der Waals surface area (Å²) in [6, 6.07) is 6.59. The number of anilines is 1. The van der Waals surface area contributed by atoms with E-state index in [4.69, 9.17) is 23.2 Å². The van der Waals surface area contributed by atoms with E-state index in [9.17, 15) is 0 Å². The second kappa shape index (κ2) is 6.51. The van der Waals surface area contributed by atoms with Gasteiger partial charge in [-0.2, -0.15) is 0 Å². The Morgan fingerprint density at radius 3 is 2.35 bits per heavy atom. The number of benzene rings is 1. The Kier molecular flexibility index (Phi) is 5.61. The second-order valence-electron chi connectivity index (χ2n) is 5.00. The molecule has 1 rings (SSSR count). The minimum Gasteiger partial charge on any atom is -0.372 e. The zero-order valence-corrected chi connectivity index (χ0v) is 12.5. The molecule has 0 bridgehead atoms. The van der Waals surface area contributed by atoms with Crippen molar-refractivity contribution >= 4 is 28.9 Å². The molecule has 0 saturated carbocycles. The maximum absolute atomic E-state index is 6.17. The van der Waals surface area contributed by atoms with E-state index in [2.05, 4.69) is 38.8 Å². The summed E-state index contributed by atoms with van der Waals surface area (Å²) >= 11 is 12.0. The summed E-state index contributed by atoms with van der Waals surface area (Å²) in [6.07, 6.45) is 1.17. The summed E-state index contributed by atoms with van der Waals surface area (Å²) < 4.78 is 0. The summed E-state index contributed by atoms with van der Waals surface area (Å²) in [5.41, 5.74) is 2.14. The third-order valence-corrected chi connectivity index (χ3v) is 3.70. The Balaban J connectivity index is 2.82. The largest absolute Gasteiger partial charge is 0.372 e. The molecule has 17 heavy (non-hydrogen) atoms. The van der Waals surface area contributed by atoms with E-state index in [1.807, 2.05) is 12.1 Å². The molecule has 1 atom stereocenters. The number of hydrogen-bond acceptors (Lipinski definition) is 1. The molecule has 0 heterocycles. The predicted octanol–water partition coefficient (Wildman–Crippen LogP) is 4.95. The van der Waals surface area contributed by atoms with Crippen molar-refractivity contribution in [2.75, 3.05) is 11.9 Å². The first-order valence-corrected chi connectivity index (χ1v) is 6.94. The van der Waals surface area contributed by atoms with Crippen molar-refractivity contribution in [2.45, 2.75) is 39.1 Å². The quantitative estimate of drug-likeness (QED) is 0.687. The predicted molar refractivity (Wildman–Crippen MR) is 78.3 cm³/mol. The fraction of sp³-hybridized carbons (Fsp3) is 0.571. The summed E-state index contributed by atoms with van der Waals surface area (Å²) in [6.45, 7) is 6.73. The Hall–Kier alpha value is -0.400. The van der Waals surface area contributed by atoms with Crippen LogP contribution in [0.5, 0.6) is 0 Å². The Bertz CT molecular complexity index is 363. The molecule has 0 amide bonds. The molecule has 0 radical (unpaired) electrons. The van der Waals surface area contributed by atoms with E-state index in [0.717, 1.165) is 16.3 Å². The van der Waals surface area contributed by atoms with Crippen molar-refractivity contribution in [2.24, 2.45) is 5.92 Å². The van der Waals surface area contributed by atoms with Gasteiger partial charge in [-0.1, -0.05) is 31.5 Å². The average molecular weight is 274 g/mol. The maximum atomic E-state index is 6.17. The van der Waals surface area contributed by atoms with E-state index < -0.39 is 0 Å². The van der Waals surface area contributed by atoms with E-state index in [1.54, 1.807) is 0 Å². The molecule has 0 saturated heterocycles. The fourth-order valence-electron chi connectivity index (χ4n) is 1.96. The van der Waals surface area contributed by atoms with Gasteiger partial charge in [0, 0.05) is 29.7 Å². The van der Waals surface area contributed by atoms with Gasteiger partial charge in [0.15, 0.2) is 0 Å². The van der Waals surface area contributed by atoms with E-state index >= 15 is 0 Å². The first kappa shape index (κ1) is 14.7.